The highest BCUT2D eigenvalue weighted by molar-refractivity contribution is 7.22. The summed E-state index contributed by atoms with van der Waals surface area (Å²) in [5, 5.41) is 12.2. The number of fused-ring (bicyclic) bond motifs is 1. The predicted octanol–water partition coefficient (Wildman–Crippen LogP) is 2.36. The van der Waals surface area contributed by atoms with E-state index >= 15 is 0 Å². The second-order valence-electron chi connectivity index (χ2n) is 3.99. The van der Waals surface area contributed by atoms with Crippen LogP contribution < -0.4 is 5.32 Å². The lowest BCUT2D eigenvalue weighted by Gasteiger charge is -2.00. The normalized spacial score (nSPS) is 10.4. The molecule has 0 bridgehead atoms. The predicted molar refractivity (Wildman–Crippen MR) is 76.3 cm³/mol. The molecule has 20 heavy (non-hydrogen) atoms. The number of hydrogen-bond donors (Lipinski definition) is 2. The summed E-state index contributed by atoms with van der Waals surface area (Å²) in [6.07, 6.45) is 0.0317. The van der Waals surface area contributed by atoms with Crippen molar-refractivity contribution in [3.8, 4) is 0 Å². The molecule has 1 aromatic carbocycles. The molecule has 2 N–H and O–H groups in total. The summed E-state index contributed by atoms with van der Waals surface area (Å²) in [5.41, 5.74) is 1.25. The van der Waals surface area contributed by atoms with Gasteiger partial charge in [0, 0.05) is 6.54 Å². The van der Waals surface area contributed by atoms with Crippen LogP contribution in [0, 0.1) is 0 Å². The number of nitrogens with zero attached hydrogens (tertiary/aromatic N) is 1. The van der Waals surface area contributed by atoms with Crippen LogP contribution in [-0.2, 0) is 9.53 Å². The van der Waals surface area contributed by atoms with E-state index in [2.05, 4.69) is 10.3 Å². The molecular weight excluding hydrogens is 280 g/mol. The summed E-state index contributed by atoms with van der Waals surface area (Å²) in [6.45, 7) is 2.41. The van der Waals surface area contributed by atoms with Crippen LogP contribution in [0.1, 0.15) is 23.7 Å². The van der Waals surface area contributed by atoms with Gasteiger partial charge in [0.05, 0.1) is 28.8 Å². The molecule has 0 spiro atoms. The van der Waals surface area contributed by atoms with Crippen molar-refractivity contribution in [1.82, 2.24) is 4.98 Å². The fourth-order valence-electron chi connectivity index (χ4n) is 1.62. The monoisotopic (exact) mass is 294 g/mol. The van der Waals surface area contributed by atoms with Crippen LogP contribution in [-0.4, -0.2) is 35.2 Å². The maximum Gasteiger partial charge on any atom is 0.338 e. The second kappa shape index (κ2) is 6.33. The average Bonchev–Trinajstić information content (AvgIpc) is 2.80. The number of rotatable bonds is 6. The first kappa shape index (κ1) is 14.3. The Morgan fingerprint density at radius 3 is 2.95 bits per heavy atom. The van der Waals surface area contributed by atoms with E-state index in [1.165, 1.54) is 11.3 Å². The van der Waals surface area contributed by atoms with E-state index in [0.29, 0.717) is 23.8 Å². The number of nitrogens with one attached hydrogen (secondary N) is 1. The Labute approximate surface area is 119 Å². The number of carboxylic acid groups (broad SMARTS) is 1. The van der Waals surface area contributed by atoms with Crippen molar-refractivity contribution >= 4 is 38.6 Å². The molecule has 0 aliphatic rings. The standard InChI is InChI=1S/C13H14N2O4S/c1-2-19-12(18)8-3-4-9-10(7-8)20-13(15-9)14-6-5-11(16)17/h3-4,7H,2,5-6H2,1H3,(H,14,15)(H,16,17). The summed E-state index contributed by atoms with van der Waals surface area (Å²) >= 11 is 1.38. The maximum absolute atomic E-state index is 11.6. The van der Waals surface area contributed by atoms with E-state index in [1.807, 2.05) is 0 Å². The number of carbonyl (C=O) groups is 2. The van der Waals surface area contributed by atoms with E-state index in [4.69, 9.17) is 9.84 Å². The Bertz CT molecular complexity index is 638. The summed E-state index contributed by atoms with van der Waals surface area (Å²) in [4.78, 5) is 26.4. The third kappa shape index (κ3) is 3.45. The van der Waals surface area contributed by atoms with Crippen molar-refractivity contribution in [3.05, 3.63) is 23.8 Å². The molecule has 0 aliphatic heterocycles. The highest BCUT2D eigenvalue weighted by Crippen LogP contribution is 2.27. The number of carboxylic acids is 1. The summed E-state index contributed by atoms with van der Waals surface area (Å²) in [7, 11) is 0. The van der Waals surface area contributed by atoms with Crippen LogP contribution in [0.2, 0.25) is 0 Å². The minimum Gasteiger partial charge on any atom is -0.481 e. The lowest BCUT2D eigenvalue weighted by Crippen LogP contribution is -2.06. The van der Waals surface area contributed by atoms with Gasteiger partial charge in [0.15, 0.2) is 5.13 Å². The Balaban J connectivity index is 2.13. The van der Waals surface area contributed by atoms with Gasteiger partial charge in [-0.1, -0.05) is 11.3 Å². The molecule has 2 aromatic rings. The van der Waals surface area contributed by atoms with Gasteiger partial charge in [-0.25, -0.2) is 9.78 Å². The number of benzene rings is 1. The van der Waals surface area contributed by atoms with Crippen molar-refractivity contribution in [2.24, 2.45) is 0 Å². The third-order valence-corrected chi connectivity index (χ3v) is 3.49. The van der Waals surface area contributed by atoms with Gasteiger partial charge in [-0.3, -0.25) is 4.79 Å². The van der Waals surface area contributed by atoms with Crippen LogP contribution in [0.5, 0.6) is 0 Å². The zero-order valence-corrected chi connectivity index (χ0v) is 11.7. The minimum atomic E-state index is -0.858. The molecule has 6 nitrogen and oxygen atoms in total. The summed E-state index contributed by atoms with van der Waals surface area (Å²) < 4.78 is 5.79. The quantitative estimate of drug-likeness (QED) is 0.795. The number of hydrogen-bond acceptors (Lipinski definition) is 6. The number of anilines is 1. The molecule has 0 fully saturated rings. The number of esters is 1. The number of thiazole rings is 1. The number of ether oxygens (including phenoxy) is 1. The van der Waals surface area contributed by atoms with E-state index < -0.39 is 5.97 Å². The van der Waals surface area contributed by atoms with Gasteiger partial charge in [-0.2, -0.15) is 0 Å². The van der Waals surface area contributed by atoms with E-state index in [-0.39, 0.29) is 12.4 Å². The van der Waals surface area contributed by atoms with Crippen LogP contribution >= 0.6 is 11.3 Å². The Kier molecular flexibility index (Phi) is 4.52. The summed E-state index contributed by atoms with van der Waals surface area (Å²) in [5.74, 6) is -1.22. The smallest absolute Gasteiger partial charge is 0.338 e. The first-order valence-corrected chi connectivity index (χ1v) is 6.95. The highest BCUT2D eigenvalue weighted by Gasteiger charge is 2.10. The number of carbonyl (C=O) groups excluding carboxylic acids is 1. The molecule has 2 rings (SSSR count). The van der Waals surface area contributed by atoms with Crippen molar-refractivity contribution in [1.29, 1.82) is 0 Å². The van der Waals surface area contributed by atoms with Gasteiger partial charge in [0.2, 0.25) is 0 Å². The highest BCUT2D eigenvalue weighted by atomic mass is 32.1. The van der Waals surface area contributed by atoms with Gasteiger partial charge in [0.25, 0.3) is 0 Å². The SMILES string of the molecule is CCOC(=O)c1ccc2nc(NCCC(=O)O)sc2c1. The molecule has 0 radical (unpaired) electrons. The summed E-state index contributed by atoms with van der Waals surface area (Å²) in [6, 6.07) is 5.15. The molecule has 0 aliphatic carbocycles. The van der Waals surface area contributed by atoms with E-state index in [1.54, 1.807) is 25.1 Å². The van der Waals surface area contributed by atoms with E-state index in [0.717, 1.165) is 10.2 Å². The van der Waals surface area contributed by atoms with Crippen molar-refractivity contribution in [2.45, 2.75) is 13.3 Å². The van der Waals surface area contributed by atoms with Crippen molar-refractivity contribution in [2.75, 3.05) is 18.5 Å². The largest absolute Gasteiger partial charge is 0.481 e. The van der Waals surface area contributed by atoms with Gasteiger partial charge in [0.1, 0.15) is 0 Å². The molecule has 1 heterocycles. The topological polar surface area (TPSA) is 88.5 Å². The Morgan fingerprint density at radius 2 is 2.25 bits per heavy atom. The lowest BCUT2D eigenvalue weighted by atomic mass is 10.2. The molecule has 106 valence electrons. The number of aliphatic carboxylic acids is 1. The molecule has 0 unspecified atom stereocenters. The molecule has 0 atom stereocenters. The third-order valence-electron chi connectivity index (χ3n) is 2.51. The lowest BCUT2D eigenvalue weighted by molar-refractivity contribution is -0.136. The van der Waals surface area contributed by atoms with Crippen LogP contribution in [0.15, 0.2) is 18.2 Å². The number of aromatic nitrogens is 1. The fourth-order valence-corrected chi connectivity index (χ4v) is 2.55. The molecule has 1 aromatic heterocycles. The Morgan fingerprint density at radius 1 is 1.45 bits per heavy atom. The van der Waals surface area contributed by atoms with Crippen LogP contribution in [0.25, 0.3) is 10.2 Å². The minimum absolute atomic E-state index is 0.0317. The Hall–Kier alpha value is -2.15. The van der Waals surface area contributed by atoms with Gasteiger partial charge in [-0.15, -0.1) is 0 Å². The van der Waals surface area contributed by atoms with Gasteiger partial charge >= 0.3 is 11.9 Å². The molecule has 0 amide bonds. The van der Waals surface area contributed by atoms with Gasteiger partial charge < -0.3 is 15.2 Å². The van der Waals surface area contributed by atoms with Crippen molar-refractivity contribution in [3.63, 3.8) is 0 Å². The maximum atomic E-state index is 11.6. The van der Waals surface area contributed by atoms with Gasteiger partial charge in [-0.05, 0) is 25.1 Å². The molecule has 0 saturated heterocycles. The molecule has 0 saturated carbocycles. The first-order valence-electron chi connectivity index (χ1n) is 6.13. The van der Waals surface area contributed by atoms with Crippen molar-refractivity contribution < 1.29 is 19.4 Å². The van der Waals surface area contributed by atoms with Crippen LogP contribution in [0.4, 0.5) is 5.13 Å². The zero-order chi connectivity index (χ0) is 14.5. The fraction of sp³-hybridized carbons (Fsp3) is 0.308. The average molecular weight is 294 g/mol. The first-order chi connectivity index (χ1) is 9.60. The zero-order valence-electron chi connectivity index (χ0n) is 10.9. The van der Waals surface area contributed by atoms with E-state index in [9.17, 15) is 9.59 Å². The molecular formula is C13H14N2O4S. The molecule has 7 heteroatoms. The van der Waals surface area contributed by atoms with Crippen LogP contribution in [0.3, 0.4) is 0 Å². The second-order valence-corrected chi connectivity index (χ2v) is 5.02.